The molecule has 1 fully saturated rings. The third-order valence-corrected chi connectivity index (χ3v) is 5.14. The molecule has 0 saturated carbocycles. The number of anilines is 1. The minimum absolute atomic E-state index is 0.0330. The highest BCUT2D eigenvalue weighted by molar-refractivity contribution is 5.97. The fraction of sp³-hybridized carbons (Fsp3) is 0.227. The van der Waals surface area contributed by atoms with E-state index >= 15 is 0 Å². The van der Waals surface area contributed by atoms with E-state index in [9.17, 15) is 19.7 Å². The van der Waals surface area contributed by atoms with Gasteiger partial charge in [0.1, 0.15) is 6.23 Å². The van der Waals surface area contributed by atoms with E-state index < -0.39 is 16.9 Å². The molecule has 2 heterocycles. The number of nitrogens with zero attached hydrogens (tertiary/aromatic N) is 3. The zero-order valence-corrected chi connectivity index (χ0v) is 17.6. The van der Waals surface area contributed by atoms with Gasteiger partial charge in [0.15, 0.2) is 0 Å². The Balaban J connectivity index is 1.30. The van der Waals surface area contributed by atoms with Crippen molar-refractivity contribution >= 4 is 23.3 Å². The van der Waals surface area contributed by atoms with Crippen molar-refractivity contribution in [2.75, 3.05) is 11.9 Å². The van der Waals surface area contributed by atoms with Crippen LogP contribution < -0.4 is 16.2 Å². The molecule has 33 heavy (non-hydrogen) atoms. The van der Waals surface area contributed by atoms with Gasteiger partial charge in [-0.1, -0.05) is 18.2 Å². The van der Waals surface area contributed by atoms with Crippen LogP contribution in [0.3, 0.4) is 0 Å². The Morgan fingerprint density at radius 2 is 1.91 bits per heavy atom. The second-order valence-corrected chi connectivity index (χ2v) is 7.45. The van der Waals surface area contributed by atoms with Gasteiger partial charge in [-0.3, -0.25) is 20.3 Å². The third kappa shape index (κ3) is 5.52. The number of nitro benzene ring substituents is 1. The number of carbonyl (C=O) groups is 2. The summed E-state index contributed by atoms with van der Waals surface area (Å²) in [5, 5.41) is 17.8. The molecule has 4 rings (SSSR count). The van der Waals surface area contributed by atoms with Crippen LogP contribution in [0.2, 0.25) is 0 Å². The first-order valence-corrected chi connectivity index (χ1v) is 10.4. The second kappa shape index (κ2) is 9.92. The van der Waals surface area contributed by atoms with E-state index in [1.54, 1.807) is 18.3 Å². The van der Waals surface area contributed by atoms with Crippen molar-refractivity contribution in [1.82, 2.24) is 20.6 Å². The van der Waals surface area contributed by atoms with Crippen LogP contribution in [0.25, 0.3) is 11.1 Å². The Hall–Kier alpha value is -4.25. The maximum atomic E-state index is 12.1. The van der Waals surface area contributed by atoms with Crippen molar-refractivity contribution in [1.29, 1.82) is 0 Å². The van der Waals surface area contributed by atoms with E-state index in [1.807, 2.05) is 23.0 Å². The van der Waals surface area contributed by atoms with Gasteiger partial charge in [0, 0.05) is 41.8 Å². The fourth-order valence-corrected chi connectivity index (χ4v) is 3.43. The molecule has 3 amide bonds. The minimum Gasteiger partial charge on any atom is -0.357 e. The van der Waals surface area contributed by atoms with Gasteiger partial charge in [-0.15, -0.1) is 0 Å². The average molecular weight is 450 g/mol. The van der Waals surface area contributed by atoms with E-state index in [4.69, 9.17) is 4.74 Å². The Kier molecular flexibility index (Phi) is 6.60. The van der Waals surface area contributed by atoms with E-state index in [-0.39, 0.29) is 17.5 Å². The number of non-ortho nitro benzene ring substituents is 1. The smallest absolute Gasteiger partial charge is 0.337 e. The number of nitro groups is 1. The van der Waals surface area contributed by atoms with Crippen LogP contribution >= 0.6 is 0 Å². The summed E-state index contributed by atoms with van der Waals surface area (Å²) in [6.07, 6.45) is 6.82. The highest BCUT2D eigenvalue weighted by atomic mass is 16.6. The molecule has 0 spiro atoms. The van der Waals surface area contributed by atoms with Gasteiger partial charge in [0.05, 0.1) is 11.1 Å². The maximum absolute atomic E-state index is 12.1. The number of hydrazine groups is 1. The van der Waals surface area contributed by atoms with Crippen LogP contribution in [0, 0.1) is 10.1 Å². The van der Waals surface area contributed by atoms with Crippen molar-refractivity contribution in [3.05, 3.63) is 76.6 Å². The molecule has 0 aliphatic carbocycles. The average Bonchev–Trinajstić information content (AvgIpc) is 3.34. The van der Waals surface area contributed by atoms with Crippen molar-refractivity contribution in [2.45, 2.75) is 25.5 Å². The number of hydrogen-bond donors (Lipinski definition) is 3. The fourth-order valence-electron chi connectivity index (χ4n) is 3.43. The molecule has 1 unspecified atom stereocenters. The summed E-state index contributed by atoms with van der Waals surface area (Å²) in [7, 11) is 0. The molecule has 3 N–H and O–H groups in total. The lowest BCUT2D eigenvalue weighted by atomic mass is 10.1. The van der Waals surface area contributed by atoms with Crippen LogP contribution in [-0.4, -0.2) is 33.2 Å². The van der Waals surface area contributed by atoms with Crippen LogP contribution in [0.1, 0.15) is 35.8 Å². The lowest BCUT2D eigenvalue weighted by Gasteiger charge is -2.22. The largest absolute Gasteiger partial charge is 0.357 e. The summed E-state index contributed by atoms with van der Waals surface area (Å²) in [5.41, 5.74) is 6.64. The van der Waals surface area contributed by atoms with Crippen LogP contribution in [0.5, 0.6) is 0 Å². The second-order valence-electron chi connectivity index (χ2n) is 7.45. The molecule has 1 aliphatic rings. The minimum atomic E-state index is -0.678. The summed E-state index contributed by atoms with van der Waals surface area (Å²) < 4.78 is 7.58. The molecule has 1 aliphatic heterocycles. The number of nitrogens with one attached hydrogen (secondary N) is 3. The summed E-state index contributed by atoms with van der Waals surface area (Å²) >= 11 is 0. The normalized spacial score (nSPS) is 15.5. The lowest BCUT2D eigenvalue weighted by molar-refractivity contribution is -0.384. The topological polar surface area (TPSA) is 140 Å². The first-order valence-electron chi connectivity index (χ1n) is 10.4. The predicted molar refractivity (Wildman–Crippen MR) is 119 cm³/mol. The van der Waals surface area contributed by atoms with E-state index in [0.717, 1.165) is 43.1 Å². The zero-order valence-electron chi connectivity index (χ0n) is 17.6. The number of ether oxygens (including phenoxy) is 1. The zero-order chi connectivity index (χ0) is 23.2. The maximum Gasteiger partial charge on any atom is 0.337 e. The van der Waals surface area contributed by atoms with Crippen LogP contribution in [-0.2, 0) is 4.74 Å². The number of urea groups is 1. The lowest BCUT2D eigenvalue weighted by Crippen LogP contribution is -2.43. The Labute approximate surface area is 188 Å². The first-order chi connectivity index (χ1) is 16.0. The highest BCUT2D eigenvalue weighted by Gasteiger charge is 2.17. The molecule has 2 aromatic carbocycles. The van der Waals surface area contributed by atoms with E-state index in [2.05, 4.69) is 21.3 Å². The van der Waals surface area contributed by atoms with Gasteiger partial charge in [-0.25, -0.2) is 14.9 Å². The van der Waals surface area contributed by atoms with Crippen LogP contribution in [0.15, 0.2) is 60.9 Å². The molecule has 3 aromatic rings. The van der Waals surface area contributed by atoms with Gasteiger partial charge < -0.3 is 10.1 Å². The molecule has 1 atom stereocenters. The number of amides is 3. The van der Waals surface area contributed by atoms with Crippen molar-refractivity contribution in [3.63, 3.8) is 0 Å². The molecule has 11 nitrogen and oxygen atoms in total. The number of hydrogen-bond acceptors (Lipinski definition) is 6. The van der Waals surface area contributed by atoms with Gasteiger partial charge in [0.25, 0.3) is 11.6 Å². The van der Waals surface area contributed by atoms with Crippen molar-refractivity contribution in [2.24, 2.45) is 0 Å². The van der Waals surface area contributed by atoms with Gasteiger partial charge in [-0.05, 0) is 43.0 Å². The summed E-state index contributed by atoms with van der Waals surface area (Å²) in [5.74, 6) is -0.678. The molecular weight excluding hydrogens is 428 g/mol. The standard InChI is InChI=1S/C22H22N6O5/c29-21(16-4-3-5-19(12-16)28(31)32)25-26-22(30)24-18-9-7-15(8-10-18)17-13-23-27(14-17)20-6-1-2-11-33-20/h3-5,7-10,12-14,20H,1-2,6,11H2,(H,25,29)(H2,24,26,30). The molecule has 1 aromatic heterocycles. The molecule has 0 bridgehead atoms. The first kappa shape index (κ1) is 22.0. The van der Waals surface area contributed by atoms with Gasteiger partial charge >= 0.3 is 6.03 Å². The van der Waals surface area contributed by atoms with E-state index in [1.165, 1.54) is 18.2 Å². The highest BCUT2D eigenvalue weighted by Crippen LogP contribution is 2.26. The summed E-state index contributed by atoms with van der Waals surface area (Å²) in [6, 6.07) is 11.7. The van der Waals surface area contributed by atoms with Gasteiger partial charge in [-0.2, -0.15) is 5.10 Å². The quantitative estimate of drug-likeness (QED) is 0.401. The Morgan fingerprint density at radius 3 is 2.64 bits per heavy atom. The summed E-state index contributed by atoms with van der Waals surface area (Å²) in [4.78, 5) is 34.4. The molecule has 11 heteroatoms. The molecular formula is C22H22N6O5. The summed E-state index contributed by atoms with van der Waals surface area (Å²) in [6.45, 7) is 0.744. The number of aromatic nitrogens is 2. The predicted octanol–water partition coefficient (Wildman–Crippen LogP) is 3.62. The molecule has 0 radical (unpaired) electrons. The third-order valence-electron chi connectivity index (χ3n) is 5.14. The SMILES string of the molecule is O=C(NNC(=O)c1cccc([N+](=O)[O-])c1)Nc1ccc(-c2cnn(C3CCCCO3)c2)cc1. The molecule has 1 saturated heterocycles. The number of benzene rings is 2. The Bertz CT molecular complexity index is 1150. The number of carbonyl (C=O) groups excluding carboxylic acids is 2. The van der Waals surface area contributed by atoms with Crippen molar-refractivity contribution < 1.29 is 19.2 Å². The van der Waals surface area contributed by atoms with Crippen molar-refractivity contribution in [3.8, 4) is 11.1 Å². The number of rotatable bonds is 5. The van der Waals surface area contributed by atoms with Crippen LogP contribution in [0.4, 0.5) is 16.2 Å². The van der Waals surface area contributed by atoms with E-state index in [0.29, 0.717) is 5.69 Å². The Morgan fingerprint density at radius 1 is 1.09 bits per heavy atom. The molecule has 170 valence electrons. The van der Waals surface area contributed by atoms with Gasteiger partial charge in [0.2, 0.25) is 0 Å². The monoisotopic (exact) mass is 450 g/mol.